The Morgan fingerprint density at radius 2 is 2.00 bits per heavy atom. The number of nitrogens with one attached hydrogen (secondary N) is 2. The quantitative estimate of drug-likeness (QED) is 0.643. The molecule has 22 heavy (non-hydrogen) atoms. The van der Waals surface area contributed by atoms with Gasteiger partial charge >= 0.3 is 0 Å². The summed E-state index contributed by atoms with van der Waals surface area (Å²) < 4.78 is 0. The van der Waals surface area contributed by atoms with E-state index < -0.39 is 0 Å². The molecule has 1 aliphatic carbocycles. The summed E-state index contributed by atoms with van der Waals surface area (Å²) in [7, 11) is 0. The second kappa shape index (κ2) is 8.28. The second-order valence-electron chi connectivity index (χ2n) is 6.45. The van der Waals surface area contributed by atoms with Gasteiger partial charge in [-0.1, -0.05) is 6.92 Å². The number of terminal acetylenes is 1. The summed E-state index contributed by atoms with van der Waals surface area (Å²) >= 11 is 0. The Kier molecular flexibility index (Phi) is 6.38. The molecule has 1 heterocycles. The van der Waals surface area contributed by atoms with Crippen LogP contribution in [0, 0.1) is 24.2 Å². The summed E-state index contributed by atoms with van der Waals surface area (Å²) in [5.74, 6) is 3.75. The molecule has 0 aromatic rings. The summed E-state index contributed by atoms with van der Waals surface area (Å²) in [6, 6.07) is 0. The molecular formula is C17H28N4O. The van der Waals surface area contributed by atoms with E-state index in [0.717, 1.165) is 57.5 Å². The maximum Gasteiger partial charge on any atom is 0.223 e. The molecule has 0 bridgehead atoms. The first-order chi connectivity index (χ1) is 10.7. The molecule has 0 radical (unpaired) electrons. The van der Waals surface area contributed by atoms with Gasteiger partial charge in [0.05, 0.1) is 0 Å². The third kappa shape index (κ3) is 5.10. The van der Waals surface area contributed by atoms with Crippen molar-refractivity contribution >= 4 is 5.91 Å². The fourth-order valence-corrected chi connectivity index (χ4v) is 3.18. The van der Waals surface area contributed by atoms with Crippen LogP contribution < -0.4 is 10.6 Å². The maximum atomic E-state index is 12.2. The zero-order valence-electron chi connectivity index (χ0n) is 13.6. The van der Waals surface area contributed by atoms with E-state index in [-0.39, 0.29) is 17.5 Å². The highest BCUT2D eigenvalue weighted by Crippen LogP contribution is 2.36. The molecule has 5 nitrogen and oxygen atoms in total. The molecule has 122 valence electrons. The first-order valence-corrected chi connectivity index (χ1v) is 8.55. The highest BCUT2D eigenvalue weighted by molar-refractivity contribution is 5.78. The molecule has 0 spiro atoms. The summed E-state index contributed by atoms with van der Waals surface area (Å²) in [5, 5.41) is 14.6. The summed E-state index contributed by atoms with van der Waals surface area (Å²) in [4.78, 5) is 12.2. The highest BCUT2D eigenvalue weighted by atomic mass is 16.1. The van der Waals surface area contributed by atoms with Crippen molar-refractivity contribution in [3.8, 4) is 12.3 Å². The highest BCUT2D eigenvalue weighted by Gasteiger charge is 2.38. The molecule has 0 atom stereocenters. The SMILES string of the molecule is C#CCCC1(CCNC(=O)C2CCC(CNCC)CC2)N=N1. The molecule has 0 aromatic carbocycles. The van der Waals surface area contributed by atoms with Crippen molar-refractivity contribution in [2.75, 3.05) is 19.6 Å². The third-order valence-electron chi connectivity index (χ3n) is 4.78. The van der Waals surface area contributed by atoms with E-state index in [0.29, 0.717) is 13.0 Å². The molecule has 2 rings (SSSR count). The summed E-state index contributed by atoms with van der Waals surface area (Å²) in [6.07, 6.45) is 11.9. The minimum absolute atomic E-state index is 0.188. The van der Waals surface area contributed by atoms with Crippen LogP contribution in [-0.2, 0) is 4.79 Å². The first-order valence-electron chi connectivity index (χ1n) is 8.55. The fourth-order valence-electron chi connectivity index (χ4n) is 3.18. The zero-order valence-corrected chi connectivity index (χ0v) is 13.6. The third-order valence-corrected chi connectivity index (χ3v) is 4.78. The van der Waals surface area contributed by atoms with Crippen molar-refractivity contribution in [1.82, 2.24) is 10.6 Å². The molecule has 0 saturated heterocycles. The minimum Gasteiger partial charge on any atom is -0.356 e. The molecule has 0 unspecified atom stereocenters. The first kappa shape index (κ1) is 17.0. The summed E-state index contributed by atoms with van der Waals surface area (Å²) in [5.41, 5.74) is -0.289. The van der Waals surface area contributed by atoms with Gasteiger partial charge in [-0.25, -0.2) is 0 Å². The van der Waals surface area contributed by atoms with Gasteiger partial charge in [0.1, 0.15) is 0 Å². The van der Waals surface area contributed by atoms with Crippen molar-refractivity contribution in [3.05, 3.63) is 0 Å². The number of carbonyl (C=O) groups excluding carboxylic acids is 1. The van der Waals surface area contributed by atoms with Crippen LogP contribution in [0.25, 0.3) is 0 Å². The van der Waals surface area contributed by atoms with Crippen molar-refractivity contribution in [3.63, 3.8) is 0 Å². The minimum atomic E-state index is -0.289. The predicted molar refractivity (Wildman–Crippen MR) is 87.3 cm³/mol. The van der Waals surface area contributed by atoms with Gasteiger partial charge in [-0.15, -0.1) is 12.3 Å². The van der Waals surface area contributed by atoms with E-state index >= 15 is 0 Å². The average Bonchev–Trinajstić information content (AvgIpc) is 3.31. The fraction of sp³-hybridized carbons (Fsp3) is 0.824. The topological polar surface area (TPSA) is 65.8 Å². The maximum absolute atomic E-state index is 12.2. The molecular weight excluding hydrogens is 276 g/mol. The van der Waals surface area contributed by atoms with Crippen LogP contribution in [0.5, 0.6) is 0 Å². The second-order valence-corrected chi connectivity index (χ2v) is 6.45. The van der Waals surface area contributed by atoms with E-state index in [4.69, 9.17) is 6.42 Å². The monoisotopic (exact) mass is 304 g/mol. The Labute approximate surface area is 133 Å². The lowest BCUT2D eigenvalue weighted by Crippen LogP contribution is -2.36. The normalized spacial score (nSPS) is 25.5. The van der Waals surface area contributed by atoms with Gasteiger partial charge in [0.25, 0.3) is 0 Å². The number of rotatable bonds is 9. The Morgan fingerprint density at radius 1 is 1.27 bits per heavy atom. The van der Waals surface area contributed by atoms with E-state index in [1.165, 1.54) is 0 Å². The Bertz CT molecular complexity index is 426. The van der Waals surface area contributed by atoms with E-state index in [9.17, 15) is 4.79 Å². The van der Waals surface area contributed by atoms with Crippen molar-refractivity contribution < 1.29 is 4.79 Å². The lowest BCUT2D eigenvalue weighted by Gasteiger charge is -2.28. The number of hydrogen-bond acceptors (Lipinski definition) is 4. The molecule has 0 aromatic heterocycles. The predicted octanol–water partition coefficient (Wildman–Crippen LogP) is 2.48. The largest absolute Gasteiger partial charge is 0.356 e. The molecule has 1 amide bonds. The molecule has 5 heteroatoms. The Balaban J connectivity index is 1.59. The van der Waals surface area contributed by atoms with E-state index in [1.807, 2.05) is 0 Å². The number of carbonyl (C=O) groups is 1. The van der Waals surface area contributed by atoms with Gasteiger partial charge in [0.2, 0.25) is 5.91 Å². The lowest BCUT2D eigenvalue weighted by molar-refractivity contribution is -0.126. The van der Waals surface area contributed by atoms with Gasteiger partial charge in [0, 0.05) is 31.7 Å². The Morgan fingerprint density at radius 3 is 2.59 bits per heavy atom. The van der Waals surface area contributed by atoms with Crippen molar-refractivity contribution in [2.24, 2.45) is 22.1 Å². The molecule has 2 aliphatic rings. The standard InChI is InChI=1S/C17H28N4O/c1-3-5-10-17(20-21-17)11-12-19-16(22)15-8-6-14(7-9-15)13-18-4-2/h1,14-15,18H,4-13H2,2H3,(H,19,22). The lowest BCUT2D eigenvalue weighted by atomic mass is 9.81. The van der Waals surface area contributed by atoms with E-state index in [1.54, 1.807) is 0 Å². The van der Waals surface area contributed by atoms with Gasteiger partial charge < -0.3 is 10.6 Å². The van der Waals surface area contributed by atoms with Gasteiger partial charge in [-0.2, -0.15) is 10.2 Å². The Hall–Kier alpha value is -1.41. The van der Waals surface area contributed by atoms with E-state index in [2.05, 4.69) is 33.7 Å². The van der Waals surface area contributed by atoms with Crippen molar-refractivity contribution in [1.29, 1.82) is 0 Å². The van der Waals surface area contributed by atoms with Gasteiger partial charge in [-0.3, -0.25) is 4.79 Å². The van der Waals surface area contributed by atoms with Crippen LogP contribution in [0.15, 0.2) is 10.2 Å². The number of nitrogens with zero attached hydrogens (tertiary/aromatic N) is 2. The van der Waals surface area contributed by atoms with Crippen LogP contribution in [0.1, 0.15) is 51.9 Å². The zero-order chi connectivity index (χ0) is 15.8. The van der Waals surface area contributed by atoms with Crippen LogP contribution in [0.4, 0.5) is 0 Å². The summed E-state index contributed by atoms with van der Waals surface area (Å²) in [6.45, 7) is 4.89. The van der Waals surface area contributed by atoms with Gasteiger partial charge in [0.15, 0.2) is 5.66 Å². The molecule has 1 saturated carbocycles. The van der Waals surface area contributed by atoms with Crippen LogP contribution in [-0.4, -0.2) is 31.2 Å². The van der Waals surface area contributed by atoms with Crippen LogP contribution in [0.2, 0.25) is 0 Å². The molecule has 1 aliphatic heterocycles. The van der Waals surface area contributed by atoms with Crippen LogP contribution in [0.3, 0.4) is 0 Å². The molecule has 1 fully saturated rings. The number of amides is 1. The smallest absolute Gasteiger partial charge is 0.223 e. The number of hydrogen-bond donors (Lipinski definition) is 2. The molecule has 2 N–H and O–H groups in total. The van der Waals surface area contributed by atoms with Gasteiger partial charge in [-0.05, 0) is 44.7 Å². The average molecular weight is 304 g/mol. The van der Waals surface area contributed by atoms with Crippen molar-refractivity contribution in [2.45, 2.75) is 57.5 Å². The van der Waals surface area contributed by atoms with Crippen LogP contribution >= 0.6 is 0 Å².